The number of halogens is 1. The van der Waals surface area contributed by atoms with Crippen molar-refractivity contribution >= 4 is 32.3 Å². The van der Waals surface area contributed by atoms with Crippen molar-refractivity contribution in [3.8, 4) is 0 Å². The fourth-order valence-electron chi connectivity index (χ4n) is 0.586. The molecule has 10 heavy (non-hydrogen) atoms. The van der Waals surface area contributed by atoms with Gasteiger partial charge < -0.3 is 0 Å². The summed E-state index contributed by atoms with van der Waals surface area (Å²) >= 11 is 7.99. The Hall–Kier alpha value is -0.301. The van der Waals surface area contributed by atoms with Crippen LogP contribution >= 0.6 is 11.6 Å². The van der Waals surface area contributed by atoms with Gasteiger partial charge in [0.15, 0.2) is 0 Å². The zero-order valence-electron chi connectivity index (χ0n) is 5.00. The zero-order valence-corrected chi connectivity index (χ0v) is 7.47. The third-order valence-electron chi connectivity index (χ3n) is 1.08. The molecular weight excluding hydrogens is 214 g/mol. The zero-order chi connectivity index (χ0) is 7.56. The van der Waals surface area contributed by atoms with Crippen molar-refractivity contribution in [2.45, 2.75) is 0 Å². The second-order valence-electron chi connectivity index (χ2n) is 1.79. The van der Waals surface area contributed by atoms with Gasteiger partial charge in [-0.3, -0.25) is 0 Å². The molecule has 51 valence electrons. The molecule has 1 aromatic carbocycles. The maximum absolute atomic E-state index is 10.7. The molecular formula is C7H4ClOSe. The first-order valence-electron chi connectivity index (χ1n) is 2.67. The number of hydrogen-bond acceptors (Lipinski definition) is 1. The van der Waals surface area contributed by atoms with Crippen molar-refractivity contribution in [3.63, 3.8) is 0 Å². The van der Waals surface area contributed by atoms with Crippen molar-refractivity contribution in [1.29, 1.82) is 0 Å². The SMILES string of the molecule is O=C([Se])c1ccc(Cl)cc1. The average molecular weight is 219 g/mol. The van der Waals surface area contributed by atoms with Gasteiger partial charge in [0, 0.05) is 0 Å². The molecule has 1 radical (unpaired) electrons. The molecule has 1 aromatic rings. The molecule has 0 fully saturated rings. The summed E-state index contributed by atoms with van der Waals surface area (Å²) < 4.78 is -0.0586. The van der Waals surface area contributed by atoms with E-state index in [1.807, 2.05) is 0 Å². The minimum absolute atomic E-state index is 0.0586. The Labute approximate surface area is 72.2 Å². The molecule has 0 spiro atoms. The summed E-state index contributed by atoms with van der Waals surface area (Å²) in [6.45, 7) is 0. The standard InChI is InChI=1S/C7H4ClOSe/c8-6-3-1-5(2-4-6)7(9)10/h1-4H. The summed E-state index contributed by atoms with van der Waals surface area (Å²) in [5, 5.41) is 0.644. The normalized spacial score (nSPS) is 9.30. The molecule has 0 bridgehead atoms. The Morgan fingerprint density at radius 2 is 1.80 bits per heavy atom. The van der Waals surface area contributed by atoms with Gasteiger partial charge in [-0.2, -0.15) is 0 Å². The van der Waals surface area contributed by atoms with Crippen LogP contribution in [0.25, 0.3) is 0 Å². The number of hydrogen-bond donors (Lipinski definition) is 0. The average Bonchev–Trinajstić information content (AvgIpc) is 1.88. The van der Waals surface area contributed by atoms with Crippen molar-refractivity contribution in [3.05, 3.63) is 34.9 Å². The fraction of sp³-hybridized carbons (Fsp3) is 0. The van der Waals surface area contributed by atoms with Gasteiger partial charge in [-0.1, -0.05) is 0 Å². The third-order valence-corrected chi connectivity index (χ3v) is 1.83. The summed E-state index contributed by atoms with van der Waals surface area (Å²) in [5.74, 6) is 0. The van der Waals surface area contributed by atoms with Crippen LogP contribution in [-0.2, 0) is 0 Å². The van der Waals surface area contributed by atoms with E-state index in [1.54, 1.807) is 24.3 Å². The van der Waals surface area contributed by atoms with E-state index in [0.717, 1.165) is 0 Å². The minimum atomic E-state index is -0.0586. The van der Waals surface area contributed by atoms with Gasteiger partial charge in [-0.25, -0.2) is 0 Å². The molecule has 3 heteroatoms. The molecule has 0 unspecified atom stereocenters. The van der Waals surface area contributed by atoms with E-state index in [0.29, 0.717) is 10.6 Å². The van der Waals surface area contributed by atoms with Crippen molar-refractivity contribution in [1.82, 2.24) is 0 Å². The van der Waals surface area contributed by atoms with Gasteiger partial charge in [-0.05, 0) is 0 Å². The van der Waals surface area contributed by atoms with Crippen LogP contribution in [0.1, 0.15) is 10.4 Å². The van der Waals surface area contributed by atoms with E-state index >= 15 is 0 Å². The van der Waals surface area contributed by atoms with Crippen molar-refractivity contribution < 1.29 is 4.79 Å². The van der Waals surface area contributed by atoms with Gasteiger partial charge in [0.25, 0.3) is 0 Å². The Balaban J connectivity index is 3.00. The van der Waals surface area contributed by atoms with Crippen LogP contribution in [0, 0.1) is 0 Å². The number of benzene rings is 1. The Morgan fingerprint density at radius 3 is 2.20 bits per heavy atom. The van der Waals surface area contributed by atoms with Crippen LogP contribution in [0.2, 0.25) is 5.02 Å². The summed E-state index contributed by atoms with van der Waals surface area (Å²) in [6, 6.07) is 6.74. The van der Waals surface area contributed by atoms with Crippen molar-refractivity contribution in [2.75, 3.05) is 0 Å². The molecule has 0 atom stereocenters. The van der Waals surface area contributed by atoms with Crippen LogP contribution in [0.15, 0.2) is 24.3 Å². The van der Waals surface area contributed by atoms with E-state index in [9.17, 15) is 4.79 Å². The summed E-state index contributed by atoms with van der Waals surface area (Å²) in [5.41, 5.74) is 0.643. The van der Waals surface area contributed by atoms with Crippen LogP contribution in [0.4, 0.5) is 0 Å². The van der Waals surface area contributed by atoms with Crippen molar-refractivity contribution in [2.24, 2.45) is 0 Å². The van der Waals surface area contributed by atoms with Crippen LogP contribution in [0.3, 0.4) is 0 Å². The predicted octanol–water partition coefficient (Wildman–Crippen LogP) is 1.65. The first-order chi connectivity index (χ1) is 4.70. The summed E-state index contributed by atoms with van der Waals surface area (Å²) in [6.07, 6.45) is 0. The van der Waals surface area contributed by atoms with Crippen LogP contribution < -0.4 is 0 Å². The molecule has 0 aliphatic carbocycles. The number of carbonyl (C=O) groups excluding carboxylic acids is 1. The van der Waals surface area contributed by atoms with Crippen LogP contribution in [-0.4, -0.2) is 20.7 Å². The van der Waals surface area contributed by atoms with Gasteiger partial charge in [0.2, 0.25) is 0 Å². The third kappa shape index (κ3) is 1.84. The first kappa shape index (κ1) is 7.80. The monoisotopic (exact) mass is 219 g/mol. The van der Waals surface area contributed by atoms with E-state index in [-0.39, 0.29) is 4.68 Å². The van der Waals surface area contributed by atoms with Crippen LogP contribution in [0.5, 0.6) is 0 Å². The van der Waals surface area contributed by atoms with E-state index in [1.165, 1.54) is 0 Å². The maximum atomic E-state index is 10.7. The quantitative estimate of drug-likeness (QED) is 0.655. The second kappa shape index (κ2) is 3.20. The Kier molecular flexibility index (Phi) is 2.50. The molecule has 0 aliphatic heterocycles. The second-order valence-corrected chi connectivity index (χ2v) is 3.01. The van der Waals surface area contributed by atoms with E-state index < -0.39 is 0 Å². The predicted molar refractivity (Wildman–Crippen MR) is 41.5 cm³/mol. The molecule has 0 N–H and O–H groups in total. The summed E-state index contributed by atoms with van der Waals surface area (Å²) in [7, 11) is 0. The topological polar surface area (TPSA) is 17.1 Å². The summed E-state index contributed by atoms with van der Waals surface area (Å²) in [4.78, 5) is 10.7. The molecule has 0 saturated heterocycles. The number of carbonyl (C=O) groups is 1. The Bertz CT molecular complexity index is 242. The van der Waals surface area contributed by atoms with E-state index in [2.05, 4.69) is 16.0 Å². The van der Waals surface area contributed by atoms with Gasteiger partial charge in [-0.15, -0.1) is 0 Å². The molecule has 0 aromatic heterocycles. The fourth-order valence-corrected chi connectivity index (χ4v) is 0.997. The molecule has 1 nitrogen and oxygen atoms in total. The van der Waals surface area contributed by atoms with Gasteiger partial charge >= 0.3 is 71.9 Å². The van der Waals surface area contributed by atoms with Gasteiger partial charge in [0.1, 0.15) is 0 Å². The molecule has 0 saturated carbocycles. The molecule has 0 heterocycles. The molecule has 0 aliphatic rings. The first-order valence-corrected chi connectivity index (χ1v) is 3.90. The Morgan fingerprint density at radius 1 is 1.30 bits per heavy atom. The molecule has 1 rings (SSSR count). The van der Waals surface area contributed by atoms with Gasteiger partial charge in [0.05, 0.1) is 0 Å². The molecule has 0 amide bonds. The van der Waals surface area contributed by atoms with E-state index in [4.69, 9.17) is 11.6 Å². The number of rotatable bonds is 1.